The van der Waals surface area contributed by atoms with Crippen molar-refractivity contribution in [3.05, 3.63) is 35.4 Å². The topological polar surface area (TPSA) is 72.5 Å². The van der Waals surface area contributed by atoms with Crippen LogP contribution in [-0.4, -0.2) is 24.3 Å². The van der Waals surface area contributed by atoms with E-state index >= 15 is 0 Å². The number of benzene rings is 1. The lowest BCUT2D eigenvalue weighted by Crippen LogP contribution is -2.26. The van der Waals surface area contributed by atoms with Crippen molar-refractivity contribution in [2.45, 2.75) is 34.2 Å². The fourth-order valence-electron chi connectivity index (χ4n) is 1.42. The Morgan fingerprint density at radius 3 is 2.14 bits per heavy atom. The quantitative estimate of drug-likeness (QED) is 0.843. The Labute approximate surface area is 124 Å². The molecule has 0 saturated carbocycles. The van der Waals surface area contributed by atoms with E-state index in [4.69, 9.17) is 4.74 Å². The summed E-state index contributed by atoms with van der Waals surface area (Å²) in [4.78, 5) is 34.3. The van der Waals surface area contributed by atoms with Crippen molar-refractivity contribution < 1.29 is 19.1 Å². The van der Waals surface area contributed by atoms with E-state index in [0.29, 0.717) is 12.1 Å². The van der Waals surface area contributed by atoms with Gasteiger partial charge < -0.3 is 10.1 Å². The van der Waals surface area contributed by atoms with Crippen LogP contribution in [0.1, 0.15) is 43.6 Å². The SMILES string of the molecule is CC(=O)NCc1ccc(C(=O)OCC(=O)C(C)(C)C)cc1. The molecule has 5 nitrogen and oxygen atoms in total. The van der Waals surface area contributed by atoms with Crippen LogP contribution in [0.2, 0.25) is 0 Å². The molecule has 0 aliphatic carbocycles. The normalized spacial score (nSPS) is 10.9. The summed E-state index contributed by atoms with van der Waals surface area (Å²) in [5.74, 6) is -0.768. The van der Waals surface area contributed by atoms with E-state index in [1.54, 1.807) is 45.0 Å². The number of ether oxygens (including phenoxy) is 1. The fourth-order valence-corrected chi connectivity index (χ4v) is 1.42. The van der Waals surface area contributed by atoms with Gasteiger partial charge in [-0.1, -0.05) is 32.9 Å². The molecule has 0 heterocycles. The number of carbonyl (C=O) groups is 3. The molecule has 0 aliphatic rings. The lowest BCUT2D eigenvalue weighted by Gasteiger charge is -2.16. The minimum Gasteiger partial charge on any atom is -0.454 e. The predicted molar refractivity (Wildman–Crippen MR) is 78.7 cm³/mol. The number of rotatable bonds is 5. The van der Waals surface area contributed by atoms with Crippen LogP contribution in [-0.2, 0) is 20.9 Å². The summed E-state index contributed by atoms with van der Waals surface area (Å²) in [5, 5.41) is 2.67. The van der Waals surface area contributed by atoms with Crippen LogP contribution < -0.4 is 5.32 Å². The molecule has 0 saturated heterocycles. The highest BCUT2D eigenvalue weighted by Crippen LogP contribution is 2.15. The Morgan fingerprint density at radius 2 is 1.67 bits per heavy atom. The van der Waals surface area contributed by atoms with E-state index in [0.717, 1.165) is 5.56 Å². The maximum atomic E-state index is 11.8. The zero-order valence-electron chi connectivity index (χ0n) is 12.9. The molecule has 0 radical (unpaired) electrons. The van der Waals surface area contributed by atoms with Crippen molar-refractivity contribution >= 4 is 17.7 Å². The van der Waals surface area contributed by atoms with Gasteiger partial charge in [0, 0.05) is 18.9 Å². The summed E-state index contributed by atoms with van der Waals surface area (Å²) in [5.41, 5.74) is 0.735. The van der Waals surface area contributed by atoms with Gasteiger partial charge in [0.25, 0.3) is 0 Å². The molecular formula is C16H21NO4. The molecule has 1 aromatic carbocycles. The minimum absolute atomic E-state index is 0.112. The molecule has 5 heteroatoms. The number of Topliss-reactive ketones (excluding diaryl/α,β-unsaturated/α-hetero) is 1. The van der Waals surface area contributed by atoms with Gasteiger partial charge in [-0.2, -0.15) is 0 Å². The van der Waals surface area contributed by atoms with E-state index in [2.05, 4.69) is 5.32 Å². The van der Waals surface area contributed by atoms with Crippen LogP contribution in [0.5, 0.6) is 0 Å². The zero-order chi connectivity index (χ0) is 16.0. The molecule has 1 amide bonds. The van der Waals surface area contributed by atoms with Crippen LogP contribution >= 0.6 is 0 Å². The lowest BCUT2D eigenvalue weighted by atomic mass is 9.91. The molecule has 1 rings (SSSR count). The summed E-state index contributed by atoms with van der Waals surface area (Å²) < 4.78 is 5.00. The number of hydrogen-bond donors (Lipinski definition) is 1. The molecule has 114 valence electrons. The number of hydrogen-bond acceptors (Lipinski definition) is 4. The summed E-state index contributed by atoms with van der Waals surface area (Å²) in [6, 6.07) is 6.69. The van der Waals surface area contributed by atoms with Gasteiger partial charge in [-0.05, 0) is 17.7 Å². The van der Waals surface area contributed by atoms with Gasteiger partial charge in [0.05, 0.1) is 5.56 Å². The Bertz CT molecular complexity index is 526. The first-order chi connectivity index (χ1) is 9.70. The fraction of sp³-hybridized carbons (Fsp3) is 0.438. The third-order valence-electron chi connectivity index (χ3n) is 2.90. The second-order valence-electron chi connectivity index (χ2n) is 5.86. The van der Waals surface area contributed by atoms with Crippen molar-refractivity contribution in [2.24, 2.45) is 5.41 Å². The van der Waals surface area contributed by atoms with Crippen molar-refractivity contribution in [1.29, 1.82) is 0 Å². The van der Waals surface area contributed by atoms with Gasteiger partial charge in [-0.3, -0.25) is 9.59 Å². The van der Waals surface area contributed by atoms with Crippen molar-refractivity contribution in [1.82, 2.24) is 5.32 Å². The lowest BCUT2D eigenvalue weighted by molar-refractivity contribution is -0.129. The first-order valence-corrected chi connectivity index (χ1v) is 6.74. The molecule has 0 bridgehead atoms. The molecule has 1 aromatic rings. The maximum Gasteiger partial charge on any atom is 0.338 e. The Morgan fingerprint density at radius 1 is 1.10 bits per heavy atom. The molecule has 0 atom stereocenters. The summed E-state index contributed by atoms with van der Waals surface area (Å²) >= 11 is 0. The Kier molecular flexibility index (Phi) is 5.64. The third kappa shape index (κ3) is 5.77. The number of carbonyl (C=O) groups excluding carboxylic acids is 3. The highest BCUT2D eigenvalue weighted by Gasteiger charge is 2.22. The van der Waals surface area contributed by atoms with Crippen LogP contribution in [0.25, 0.3) is 0 Å². The maximum absolute atomic E-state index is 11.8. The van der Waals surface area contributed by atoms with Crippen LogP contribution in [0.3, 0.4) is 0 Å². The molecule has 0 aromatic heterocycles. The molecule has 0 aliphatic heterocycles. The smallest absolute Gasteiger partial charge is 0.338 e. The Balaban J connectivity index is 2.55. The molecule has 0 fully saturated rings. The standard InChI is InChI=1S/C16H21NO4/c1-11(18)17-9-12-5-7-13(8-6-12)15(20)21-10-14(19)16(2,3)4/h5-8H,9-10H2,1-4H3,(H,17,18). The summed E-state index contributed by atoms with van der Waals surface area (Å²) in [6.45, 7) is 6.96. The largest absolute Gasteiger partial charge is 0.454 e. The molecule has 0 spiro atoms. The van der Waals surface area contributed by atoms with E-state index in [1.165, 1.54) is 6.92 Å². The number of nitrogens with one attached hydrogen (secondary N) is 1. The van der Waals surface area contributed by atoms with Crippen LogP contribution in [0, 0.1) is 5.41 Å². The molecular weight excluding hydrogens is 270 g/mol. The van der Waals surface area contributed by atoms with Gasteiger partial charge in [0.2, 0.25) is 5.91 Å². The van der Waals surface area contributed by atoms with Gasteiger partial charge >= 0.3 is 5.97 Å². The van der Waals surface area contributed by atoms with E-state index in [1.807, 2.05) is 0 Å². The first kappa shape index (κ1) is 16.9. The summed E-state index contributed by atoms with van der Waals surface area (Å²) in [7, 11) is 0. The Hall–Kier alpha value is -2.17. The van der Waals surface area contributed by atoms with Gasteiger partial charge in [0.15, 0.2) is 12.4 Å². The number of esters is 1. The molecule has 0 unspecified atom stereocenters. The third-order valence-corrected chi connectivity index (χ3v) is 2.90. The summed E-state index contributed by atoms with van der Waals surface area (Å²) in [6.07, 6.45) is 0. The van der Waals surface area contributed by atoms with E-state index < -0.39 is 11.4 Å². The van der Waals surface area contributed by atoms with Gasteiger partial charge in [0.1, 0.15) is 0 Å². The van der Waals surface area contributed by atoms with Crippen LogP contribution in [0.4, 0.5) is 0 Å². The van der Waals surface area contributed by atoms with Crippen molar-refractivity contribution in [3.63, 3.8) is 0 Å². The number of ketones is 1. The first-order valence-electron chi connectivity index (χ1n) is 6.74. The minimum atomic E-state index is -0.529. The predicted octanol–water partition coefficient (Wildman–Crippen LogP) is 2.09. The second kappa shape index (κ2) is 7.02. The highest BCUT2D eigenvalue weighted by atomic mass is 16.5. The highest BCUT2D eigenvalue weighted by molar-refractivity contribution is 5.92. The van der Waals surface area contributed by atoms with Crippen molar-refractivity contribution in [2.75, 3.05) is 6.61 Å². The van der Waals surface area contributed by atoms with Crippen LogP contribution in [0.15, 0.2) is 24.3 Å². The van der Waals surface area contributed by atoms with E-state index in [9.17, 15) is 14.4 Å². The van der Waals surface area contributed by atoms with Gasteiger partial charge in [-0.25, -0.2) is 4.79 Å². The molecule has 21 heavy (non-hydrogen) atoms. The van der Waals surface area contributed by atoms with Gasteiger partial charge in [-0.15, -0.1) is 0 Å². The van der Waals surface area contributed by atoms with E-state index in [-0.39, 0.29) is 18.3 Å². The second-order valence-corrected chi connectivity index (χ2v) is 5.86. The average Bonchev–Trinajstić information content (AvgIpc) is 2.41. The average molecular weight is 291 g/mol. The molecule has 1 N–H and O–H groups in total. The monoisotopic (exact) mass is 291 g/mol. The van der Waals surface area contributed by atoms with Crippen molar-refractivity contribution in [3.8, 4) is 0 Å². The zero-order valence-corrected chi connectivity index (χ0v) is 12.9. The number of amides is 1.